The predicted octanol–water partition coefficient (Wildman–Crippen LogP) is 3.23. The van der Waals surface area contributed by atoms with Crippen LogP contribution in [-0.2, 0) is 21.4 Å². The average Bonchev–Trinajstić information content (AvgIpc) is 3.10. The van der Waals surface area contributed by atoms with E-state index >= 15 is 0 Å². The number of hydrogen-bond acceptors (Lipinski definition) is 4. The van der Waals surface area contributed by atoms with Crippen molar-refractivity contribution < 1.29 is 14.7 Å². The summed E-state index contributed by atoms with van der Waals surface area (Å²) in [5.74, 6) is -0.348. The molecule has 4 N–H and O–H groups in total. The predicted molar refractivity (Wildman–Crippen MR) is 133 cm³/mol. The van der Waals surface area contributed by atoms with Gasteiger partial charge in [0, 0.05) is 18.5 Å². The number of aliphatic hydroxyl groups excluding tert-OH is 1. The maximum absolute atomic E-state index is 13.5. The summed E-state index contributed by atoms with van der Waals surface area (Å²) in [4.78, 5) is 28.1. The van der Waals surface area contributed by atoms with Crippen molar-refractivity contribution in [2.24, 2.45) is 5.73 Å². The van der Waals surface area contributed by atoms with Crippen LogP contribution in [0.3, 0.4) is 0 Å². The van der Waals surface area contributed by atoms with Crippen LogP contribution >= 0.6 is 0 Å². The van der Waals surface area contributed by atoms with Gasteiger partial charge in [-0.1, -0.05) is 54.6 Å². The van der Waals surface area contributed by atoms with E-state index in [9.17, 15) is 14.7 Å². The zero-order valence-corrected chi connectivity index (χ0v) is 20.3. The highest BCUT2D eigenvalue weighted by Gasteiger charge is 2.46. The number of amides is 2. The lowest BCUT2D eigenvalue weighted by Crippen LogP contribution is -2.57. The molecule has 1 unspecified atom stereocenters. The van der Waals surface area contributed by atoms with Crippen molar-refractivity contribution in [1.82, 2.24) is 10.2 Å². The second-order valence-electron chi connectivity index (χ2n) is 10.5. The minimum atomic E-state index is -1.05. The number of hydrogen-bond donors (Lipinski definition) is 3. The number of rotatable bonds is 7. The van der Waals surface area contributed by atoms with Crippen LogP contribution < -0.4 is 11.1 Å². The number of fused-ring (bicyclic) bond motifs is 2. The van der Waals surface area contributed by atoms with Crippen molar-refractivity contribution in [2.75, 3.05) is 13.1 Å². The molecule has 1 fully saturated rings. The molecule has 1 spiro atoms. The Morgan fingerprint density at radius 1 is 1.12 bits per heavy atom. The molecule has 1 aliphatic heterocycles. The molecule has 34 heavy (non-hydrogen) atoms. The van der Waals surface area contributed by atoms with Gasteiger partial charge in [-0.05, 0) is 69.1 Å². The molecule has 6 nitrogen and oxygen atoms in total. The van der Waals surface area contributed by atoms with E-state index in [1.807, 2.05) is 41.3 Å². The van der Waals surface area contributed by atoms with Gasteiger partial charge in [0.25, 0.3) is 0 Å². The van der Waals surface area contributed by atoms with Gasteiger partial charge < -0.3 is 21.1 Å². The lowest BCUT2D eigenvalue weighted by molar-refractivity contribution is -0.139. The van der Waals surface area contributed by atoms with E-state index in [-0.39, 0.29) is 17.2 Å². The summed E-state index contributed by atoms with van der Waals surface area (Å²) in [6.07, 6.45) is 4.13. The van der Waals surface area contributed by atoms with Gasteiger partial charge in [0.2, 0.25) is 11.8 Å². The number of carbonyl (C=O) groups is 2. The van der Waals surface area contributed by atoms with Crippen LogP contribution in [0.15, 0.2) is 54.6 Å². The number of aliphatic hydroxyl groups is 1. The number of likely N-dealkylation sites (tertiary alicyclic amines) is 1. The molecule has 2 aromatic rings. The van der Waals surface area contributed by atoms with Crippen LogP contribution in [0.1, 0.15) is 68.7 Å². The number of piperidine rings is 1. The smallest absolute Gasteiger partial charge is 0.245 e. The molecule has 6 heteroatoms. The van der Waals surface area contributed by atoms with Crippen LogP contribution in [0.25, 0.3) is 0 Å². The minimum Gasteiger partial charge on any atom is -0.388 e. The van der Waals surface area contributed by atoms with Gasteiger partial charge in [0.15, 0.2) is 0 Å². The quantitative estimate of drug-likeness (QED) is 0.587. The van der Waals surface area contributed by atoms with Crippen LogP contribution in [0.5, 0.6) is 0 Å². The number of aryl methyl sites for hydroxylation is 1. The molecule has 0 radical (unpaired) electrons. The monoisotopic (exact) mass is 463 g/mol. The summed E-state index contributed by atoms with van der Waals surface area (Å²) in [6, 6.07) is 17.7. The molecular weight excluding hydrogens is 426 g/mol. The fourth-order valence-electron chi connectivity index (χ4n) is 5.47. The average molecular weight is 464 g/mol. The van der Waals surface area contributed by atoms with Crippen molar-refractivity contribution in [1.29, 1.82) is 0 Å². The van der Waals surface area contributed by atoms with E-state index in [2.05, 4.69) is 23.5 Å². The normalized spacial score (nSPS) is 20.1. The topological polar surface area (TPSA) is 95.7 Å². The van der Waals surface area contributed by atoms with Crippen molar-refractivity contribution in [3.8, 4) is 0 Å². The molecule has 182 valence electrons. The Hall–Kier alpha value is -2.70. The number of carbonyl (C=O) groups excluding carboxylic acids is 2. The molecule has 2 aromatic carbocycles. The first-order valence-electron chi connectivity index (χ1n) is 12.4. The highest BCUT2D eigenvalue weighted by molar-refractivity contribution is 5.91. The molecule has 4 rings (SSSR count). The van der Waals surface area contributed by atoms with Crippen molar-refractivity contribution in [2.45, 2.75) is 75.5 Å². The maximum atomic E-state index is 13.5. The third-order valence-electron chi connectivity index (χ3n) is 7.50. The standard InChI is InChI=1S/C28H37N3O3/c1-27(2,29)26(34)30-23(14-8-11-20-9-4-3-5-10-20)25(33)31-17-15-28(16-18-31)19-24(32)21-12-6-7-13-22(21)28/h3-7,9-10,12-13,23-24,32H,8,11,14-19,29H2,1-2H3,(H,30,34)/t23?,24-/m1/s1. The van der Waals surface area contributed by atoms with Gasteiger partial charge in [-0.2, -0.15) is 0 Å². The van der Waals surface area contributed by atoms with E-state index in [0.29, 0.717) is 25.9 Å². The maximum Gasteiger partial charge on any atom is 0.245 e. The Morgan fingerprint density at radius 2 is 1.76 bits per heavy atom. The number of benzene rings is 2. The SMILES string of the molecule is CC(C)(N)C(=O)NC(CCCc1ccccc1)C(=O)N1CCC2(CC1)C[C@@H](O)c1ccccc12. The van der Waals surface area contributed by atoms with Crippen molar-refractivity contribution >= 4 is 11.8 Å². The number of nitrogens with two attached hydrogens (primary N) is 1. The summed E-state index contributed by atoms with van der Waals surface area (Å²) in [6.45, 7) is 4.55. The second-order valence-corrected chi connectivity index (χ2v) is 10.5. The Bertz CT molecular complexity index is 1010. The minimum absolute atomic E-state index is 0.0349. The molecule has 2 aliphatic rings. The molecule has 2 amide bonds. The van der Waals surface area contributed by atoms with Gasteiger partial charge >= 0.3 is 0 Å². The molecule has 1 heterocycles. The first-order chi connectivity index (χ1) is 16.2. The fraction of sp³-hybridized carbons (Fsp3) is 0.500. The zero-order chi connectivity index (χ0) is 24.3. The van der Waals surface area contributed by atoms with Gasteiger partial charge in [-0.3, -0.25) is 9.59 Å². The van der Waals surface area contributed by atoms with Crippen molar-refractivity contribution in [3.63, 3.8) is 0 Å². The van der Waals surface area contributed by atoms with E-state index in [1.54, 1.807) is 13.8 Å². The molecule has 0 bridgehead atoms. The van der Waals surface area contributed by atoms with Gasteiger partial charge in [-0.25, -0.2) is 0 Å². The van der Waals surface area contributed by atoms with Crippen LogP contribution in [0, 0.1) is 0 Å². The second kappa shape index (κ2) is 9.88. The molecule has 2 atom stereocenters. The summed E-state index contributed by atoms with van der Waals surface area (Å²) in [5.41, 5.74) is 8.36. The summed E-state index contributed by atoms with van der Waals surface area (Å²) >= 11 is 0. The van der Waals surface area contributed by atoms with Crippen molar-refractivity contribution in [3.05, 3.63) is 71.3 Å². The molecular formula is C28H37N3O3. The van der Waals surface area contributed by atoms with Crippen LogP contribution in [0.4, 0.5) is 0 Å². The first kappa shape index (κ1) is 24.4. The van der Waals surface area contributed by atoms with E-state index < -0.39 is 17.7 Å². The molecule has 0 saturated carbocycles. The van der Waals surface area contributed by atoms with E-state index in [0.717, 1.165) is 31.2 Å². The Balaban J connectivity index is 1.42. The highest BCUT2D eigenvalue weighted by atomic mass is 16.3. The number of nitrogens with zero attached hydrogens (tertiary/aromatic N) is 1. The van der Waals surface area contributed by atoms with Crippen LogP contribution in [-0.4, -0.2) is 46.5 Å². The molecule has 1 saturated heterocycles. The lowest BCUT2D eigenvalue weighted by atomic mass is 9.73. The van der Waals surface area contributed by atoms with Gasteiger partial charge in [0.1, 0.15) is 6.04 Å². The lowest BCUT2D eigenvalue weighted by Gasteiger charge is -2.41. The number of nitrogens with one attached hydrogen (secondary N) is 1. The Labute approximate surface area is 202 Å². The zero-order valence-electron chi connectivity index (χ0n) is 20.3. The van der Waals surface area contributed by atoms with Gasteiger partial charge in [-0.15, -0.1) is 0 Å². The van der Waals surface area contributed by atoms with E-state index in [1.165, 1.54) is 11.1 Å². The first-order valence-corrected chi connectivity index (χ1v) is 12.4. The fourth-order valence-corrected chi connectivity index (χ4v) is 5.47. The van der Waals surface area contributed by atoms with Crippen LogP contribution in [0.2, 0.25) is 0 Å². The van der Waals surface area contributed by atoms with E-state index in [4.69, 9.17) is 5.73 Å². The summed E-state index contributed by atoms with van der Waals surface area (Å²) in [7, 11) is 0. The Morgan fingerprint density at radius 3 is 2.44 bits per heavy atom. The highest BCUT2D eigenvalue weighted by Crippen LogP contribution is 2.50. The molecule has 1 aliphatic carbocycles. The Kier molecular flexibility index (Phi) is 7.10. The summed E-state index contributed by atoms with van der Waals surface area (Å²) in [5, 5.41) is 13.5. The third-order valence-corrected chi connectivity index (χ3v) is 7.50. The molecule has 0 aromatic heterocycles. The largest absolute Gasteiger partial charge is 0.388 e. The van der Waals surface area contributed by atoms with Gasteiger partial charge in [0.05, 0.1) is 11.6 Å². The summed E-state index contributed by atoms with van der Waals surface area (Å²) < 4.78 is 0. The third kappa shape index (κ3) is 5.18.